The fraction of sp³-hybridized carbons (Fsp3) is 0.188. The molecular formula is C32H31ClFN3O4S. The van der Waals surface area contributed by atoms with Crippen LogP contribution in [0.3, 0.4) is 0 Å². The molecule has 0 saturated carbocycles. The Hall–Kier alpha value is -4.21. The molecule has 4 aromatic rings. The second kappa shape index (κ2) is 13.6. The van der Waals surface area contributed by atoms with Crippen molar-refractivity contribution in [3.05, 3.63) is 131 Å². The molecule has 1 N–H and O–H groups in total. The molecule has 42 heavy (non-hydrogen) atoms. The van der Waals surface area contributed by atoms with Crippen molar-refractivity contribution in [2.75, 3.05) is 17.9 Å². The average molecular weight is 608 g/mol. The van der Waals surface area contributed by atoms with Gasteiger partial charge in [0.2, 0.25) is 11.8 Å². The van der Waals surface area contributed by atoms with Crippen LogP contribution in [0.15, 0.2) is 108 Å². The maximum atomic E-state index is 14.8. The van der Waals surface area contributed by atoms with Crippen LogP contribution in [0.5, 0.6) is 0 Å². The minimum absolute atomic E-state index is 0.0337. The molecule has 2 amide bonds. The van der Waals surface area contributed by atoms with E-state index in [0.29, 0.717) is 0 Å². The van der Waals surface area contributed by atoms with E-state index in [-0.39, 0.29) is 34.1 Å². The topological polar surface area (TPSA) is 86.8 Å². The summed E-state index contributed by atoms with van der Waals surface area (Å²) in [6, 6.07) is 26.5. The zero-order valence-electron chi connectivity index (χ0n) is 23.2. The van der Waals surface area contributed by atoms with E-state index in [4.69, 9.17) is 11.6 Å². The molecule has 0 heterocycles. The van der Waals surface area contributed by atoms with Gasteiger partial charge < -0.3 is 10.2 Å². The standard InChI is InChI=1S/C32H31ClFN3O4S/c1-23-16-18-26(19-17-23)42(40,41)37(29-15-9-7-13-27(29)33)22-31(38)36(21-25-12-6-8-14-28(25)34)30(32(39)35-2)20-24-10-4-3-5-11-24/h3-19,30H,20-22H2,1-2H3,(H,35,39). The van der Waals surface area contributed by atoms with Gasteiger partial charge >= 0.3 is 0 Å². The van der Waals surface area contributed by atoms with Gasteiger partial charge in [0.1, 0.15) is 18.4 Å². The molecule has 0 fully saturated rings. The van der Waals surface area contributed by atoms with Crippen molar-refractivity contribution in [2.24, 2.45) is 0 Å². The molecule has 0 spiro atoms. The van der Waals surface area contributed by atoms with Crippen LogP contribution in [0.2, 0.25) is 5.02 Å². The molecule has 4 aromatic carbocycles. The molecule has 0 saturated heterocycles. The number of sulfonamides is 1. The molecule has 0 bridgehead atoms. The Bertz CT molecular complexity index is 1650. The molecule has 7 nitrogen and oxygen atoms in total. The number of carbonyl (C=O) groups excluding carboxylic acids is 2. The smallest absolute Gasteiger partial charge is 0.264 e. The van der Waals surface area contributed by atoms with Gasteiger partial charge in [-0.1, -0.05) is 90.0 Å². The van der Waals surface area contributed by atoms with E-state index in [1.807, 2.05) is 37.3 Å². The number of hydrogen-bond donors (Lipinski definition) is 1. The number of nitrogens with zero attached hydrogens (tertiary/aromatic N) is 2. The summed E-state index contributed by atoms with van der Waals surface area (Å²) >= 11 is 6.45. The molecule has 218 valence electrons. The number of halogens is 2. The first-order valence-corrected chi connectivity index (χ1v) is 15.1. The number of rotatable bonds is 11. The van der Waals surface area contributed by atoms with Crippen LogP contribution in [0.25, 0.3) is 0 Å². The lowest BCUT2D eigenvalue weighted by atomic mass is 10.0. The number of aryl methyl sites for hydroxylation is 1. The number of para-hydroxylation sites is 1. The van der Waals surface area contributed by atoms with Crippen LogP contribution in [0, 0.1) is 12.7 Å². The number of amides is 2. The Kier molecular flexibility index (Phi) is 9.98. The predicted octanol–water partition coefficient (Wildman–Crippen LogP) is 5.37. The van der Waals surface area contributed by atoms with Gasteiger partial charge in [-0.15, -0.1) is 0 Å². The number of nitrogens with one attached hydrogen (secondary N) is 1. The largest absolute Gasteiger partial charge is 0.357 e. The van der Waals surface area contributed by atoms with Crippen LogP contribution in [-0.4, -0.2) is 44.8 Å². The maximum absolute atomic E-state index is 14.8. The lowest BCUT2D eigenvalue weighted by molar-refractivity contribution is -0.139. The molecule has 1 unspecified atom stereocenters. The summed E-state index contributed by atoms with van der Waals surface area (Å²) in [5, 5.41) is 2.72. The highest BCUT2D eigenvalue weighted by molar-refractivity contribution is 7.92. The number of hydrogen-bond acceptors (Lipinski definition) is 4. The molecule has 10 heteroatoms. The van der Waals surface area contributed by atoms with E-state index in [1.165, 1.54) is 54.4 Å². The average Bonchev–Trinajstić information content (AvgIpc) is 2.99. The highest BCUT2D eigenvalue weighted by Crippen LogP contribution is 2.31. The van der Waals surface area contributed by atoms with Crippen LogP contribution < -0.4 is 9.62 Å². The summed E-state index contributed by atoms with van der Waals surface area (Å²) in [7, 11) is -2.84. The fourth-order valence-electron chi connectivity index (χ4n) is 4.54. The summed E-state index contributed by atoms with van der Waals surface area (Å²) in [4.78, 5) is 28.6. The van der Waals surface area contributed by atoms with E-state index in [2.05, 4.69) is 5.32 Å². The summed E-state index contributed by atoms with van der Waals surface area (Å²) in [5.41, 5.74) is 1.91. The highest BCUT2D eigenvalue weighted by Gasteiger charge is 2.35. The Morgan fingerprint density at radius 1 is 0.881 bits per heavy atom. The van der Waals surface area contributed by atoms with Gasteiger partial charge in [0.15, 0.2) is 0 Å². The molecule has 4 rings (SSSR count). The van der Waals surface area contributed by atoms with Crippen LogP contribution in [-0.2, 0) is 32.6 Å². The van der Waals surface area contributed by atoms with Crippen LogP contribution in [0.4, 0.5) is 10.1 Å². The highest BCUT2D eigenvalue weighted by atomic mass is 35.5. The van der Waals surface area contributed by atoms with Gasteiger partial charge in [-0.25, -0.2) is 12.8 Å². The SMILES string of the molecule is CNC(=O)C(Cc1ccccc1)N(Cc1ccccc1F)C(=O)CN(c1ccccc1Cl)S(=O)(=O)c1ccc(C)cc1. The van der Waals surface area contributed by atoms with E-state index >= 15 is 0 Å². The van der Waals surface area contributed by atoms with Crippen molar-refractivity contribution >= 4 is 39.1 Å². The second-order valence-electron chi connectivity index (χ2n) is 9.71. The third-order valence-electron chi connectivity index (χ3n) is 6.83. The quantitative estimate of drug-likeness (QED) is 0.248. The summed E-state index contributed by atoms with van der Waals surface area (Å²) in [5.74, 6) is -1.74. The molecule has 0 radical (unpaired) electrons. The van der Waals surface area contributed by atoms with E-state index < -0.39 is 40.2 Å². The van der Waals surface area contributed by atoms with Crippen molar-refractivity contribution in [3.63, 3.8) is 0 Å². The maximum Gasteiger partial charge on any atom is 0.264 e. The number of anilines is 1. The molecule has 0 aliphatic rings. The van der Waals surface area contributed by atoms with Crippen molar-refractivity contribution in [1.29, 1.82) is 0 Å². The van der Waals surface area contributed by atoms with E-state index in [1.54, 1.807) is 30.3 Å². The first kappa shape index (κ1) is 30.7. The van der Waals surface area contributed by atoms with Gasteiger partial charge in [-0.2, -0.15) is 0 Å². The first-order chi connectivity index (χ1) is 20.1. The van der Waals surface area contributed by atoms with Gasteiger partial charge in [0, 0.05) is 25.6 Å². The Morgan fingerprint density at radius 2 is 1.50 bits per heavy atom. The second-order valence-corrected chi connectivity index (χ2v) is 12.0. The molecular weight excluding hydrogens is 577 g/mol. The lowest BCUT2D eigenvalue weighted by Gasteiger charge is -2.33. The molecule has 0 aliphatic heterocycles. The van der Waals surface area contributed by atoms with Crippen LogP contribution >= 0.6 is 11.6 Å². The van der Waals surface area contributed by atoms with Gasteiger partial charge in [-0.05, 0) is 42.8 Å². The van der Waals surface area contributed by atoms with Crippen molar-refractivity contribution in [2.45, 2.75) is 30.8 Å². The third-order valence-corrected chi connectivity index (χ3v) is 8.92. The van der Waals surface area contributed by atoms with Crippen molar-refractivity contribution in [1.82, 2.24) is 10.2 Å². The van der Waals surface area contributed by atoms with Gasteiger partial charge in [0.05, 0.1) is 15.6 Å². The Morgan fingerprint density at radius 3 is 2.14 bits per heavy atom. The molecule has 0 aliphatic carbocycles. The van der Waals surface area contributed by atoms with E-state index in [9.17, 15) is 22.4 Å². The van der Waals surface area contributed by atoms with Gasteiger partial charge in [0.25, 0.3) is 10.0 Å². The summed E-state index contributed by atoms with van der Waals surface area (Å²) in [6.07, 6.45) is 0.123. The first-order valence-electron chi connectivity index (χ1n) is 13.2. The monoisotopic (exact) mass is 607 g/mol. The molecule has 1 atom stereocenters. The predicted molar refractivity (Wildman–Crippen MR) is 162 cm³/mol. The zero-order chi connectivity index (χ0) is 30.3. The zero-order valence-corrected chi connectivity index (χ0v) is 24.8. The normalized spacial score (nSPS) is 11.9. The van der Waals surface area contributed by atoms with E-state index in [0.717, 1.165) is 15.4 Å². The van der Waals surface area contributed by atoms with Crippen molar-refractivity contribution < 1.29 is 22.4 Å². The number of likely N-dealkylation sites (N-methyl/N-ethyl adjacent to an activating group) is 1. The Labute approximate surface area is 250 Å². The minimum atomic E-state index is -4.29. The number of benzene rings is 4. The number of carbonyl (C=O) groups is 2. The summed E-state index contributed by atoms with van der Waals surface area (Å²) in [6.45, 7) is 0.881. The third kappa shape index (κ3) is 7.16. The fourth-order valence-corrected chi connectivity index (χ4v) is 6.26. The van der Waals surface area contributed by atoms with Crippen molar-refractivity contribution in [3.8, 4) is 0 Å². The van der Waals surface area contributed by atoms with Gasteiger partial charge in [-0.3, -0.25) is 13.9 Å². The summed E-state index contributed by atoms with van der Waals surface area (Å²) < 4.78 is 43.7. The lowest BCUT2D eigenvalue weighted by Crippen LogP contribution is -2.53. The molecule has 0 aromatic heterocycles. The minimum Gasteiger partial charge on any atom is -0.357 e. The van der Waals surface area contributed by atoms with Crippen LogP contribution in [0.1, 0.15) is 16.7 Å². The Balaban J connectivity index is 1.80.